The minimum atomic E-state index is 0.362. The fourth-order valence-corrected chi connectivity index (χ4v) is 3.65. The second kappa shape index (κ2) is 4.82. The van der Waals surface area contributed by atoms with Crippen molar-refractivity contribution in [2.45, 2.75) is 25.3 Å². The maximum Gasteiger partial charge on any atom is 0.0739 e. The number of nitrogen functional groups attached to an aromatic ring is 1. The summed E-state index contributed by atoms with van der Waals surface area (Å²) < 4.78 is 0. The number of hydrogen-bond acceptors (Lipinski definition) is 3. The van der Waals surface area contributed by atoms with Gasteiger partial charge in [-0.05, 0) is 48.4 Å². The fourth-order valence-electron chi connectivity index (χ4n) is 2.49. The van der Waals surface area contributed by atoms with Gasteiger partial charge in [-0.3, -0.25) is 0 Å². The van der Waals surface area contributed by atoms with Crippen molar-refractivity contribution in [3.63, 3.8) is 0 Å². The number of hydrogen-bond donors (Lipinski definition) is 2. The van der Waals surface area contributed by atoms with Gasteiger partial charge in [-0.15, -0.1) is 11.3 Å². The van der Waals surface area contributed by atoms with Gasteiger partial charge in [0.25, 0.3) is 0 Å². The van der Waals surface area contributed by atoms with Crippen molar-refractivity contribution in [3.05, 3.63) is 45.1 Å². The van der Waals surface area contributed by atoms with E-state index in [1.807, 2.05) is 29.5 Å². The van der Waals surface area contributed by atoms with Gasteiger partial charge in [-0.2, -0.15) is 0 Å². The van der Waals surface area contributed by atoms with Crippen LogP contribution in [-0.2, 0) is 6.42 Å². The molecule has 0 saturated heterocycles. The molecule has 1 aromatic heterocycles. The zero-order valence-corrected chi connectivity index (χ0v) is 11.5. The highest BCUT2D eigenvalue weighted by molar-refractivity contribution is 7.10. The third-order valence-corrected chi connectivity index (χ3v) is 4.76. The Balaban J connectivity index is 1.88. The number of thiophene rings is 1. The lowest BCUT2D eigenvalue weighted by atomic mass is 9.94. The molecule has 0 saturated carbocycles. The largest absolute Gasteiger partial charge is 0.396 e. The summed E-state index contributed by atoms with van der Waals surface area (Å²) in [5, 5.41) is 6.31. The van der Waals surface area contributed by atoms with Gasteiger partial charge in [-0.1, -0.05) is 17.7 Å². The molecular weight excluding hydrogens is 264 g/mol. The Kier molecular flexibility index (Phi) is 3.18. The van der Waals surface area contributed by atoms with Gasteiger partial charge in [0.05, 0.1) is 22.4 Å². The Hall–Kier alpha value is -1.19. The van der Waals surface area contributed by atoms with E-state index < -0.39 is 0 Å². The van der Waals surface area contributed by atoms with Crippen molar-refractivity contribution in [2.75, 3.05) is 11.1 Å². The number of halogens is 1. The van der Waals surface area contributed by atoms with Crippen molar-refractivity contribution in [3.8, 4) is 0 Å². The first-order chi connectivity index (χ1) is 8.75. The molecule has 1 unspecified atom stereocenters. The van der Waals surface area contributed by atoms with Crippen LogP contribution in [0.2, 0.25) is 5.02 Å². The third-order valence-electron chi connectivity index (χ3n) is 3.43. The van der Waals surface area contributed by atoms with Crippen LogP contribution >= 0.6 is 22.9 Å². The zero-order chi connectivity index (χ0) is 12.5. The van der Waals surface area contributed by atoms with Crippen LogP contribution in [0.15, 0.2) is 29.6 Å². The average Bonchev–Trinajstić information content (AvgIpc) is 2.84. The molecule has 0 spiro atoms. The van der Waals surface area contributed by atoms with Gasteiger partial charge in [0.1, 0.15) is 0 Å². The van der Waals surface area contributed by atoms with Crippen LogP contribution in [0.1, 0.15) is 29.3 Å². The Morgan fingerprint density at radius 3 is 3.11 bits per heavy atom. The molecule has 0 radical (unpaired) electrons. The molecule has 2 nitrogen and oxygen atoms in total. The predicted molar refractivity (Wildman–Crippen MR) is 79.5 cm³/mol. The molecule has 3 N–H and O–H groups in total. The molecule has 0 bridgehead atoms. The summed E-state index contributed by atoms with van der Waals surface area (Å²) in [6.45, 7) is 0. The van der Waals surface area contributed by atoms with Gasteiger partial charge in [0.15, 0.2) is 0 Å². The standard InChI is InChI=1S/C14H15ClN2S/c15-10-3-1-5-12(14(10)16)17-11-4-2-6-13-9(11)7-8-18-13/h1,3,5,7-8,11,17H,2,4,6,16H2. The molecule has 4 heteroatoms. The van der Waals surface area contributed by atoms with E-state index in [-0.39, 0.29) is 0 Å². The lowest BCUT2D eigenvalue weighted by Crippen LogP contribution is -2.16. The van der Waals surface area contributed by atoms with Crippen LogP contribution in [0, 0.1) is 0 Å². The molecule has 0 aliphatic heterocycles. The summed E-state index contributed by atoms with van der Waals surface area (Å²) in [5.41, 5.74) is 9.00. The minimum absolute atomic E-state index is 0.362. The van der Waals surface area contributed by atoms with Crippen molar-refractivity contribution in [2.24, 2.45) is 0 Å². The first kappa shape index (κ1) is 11.9. The summed E-state index contributed by atoms with van der Waals surface area (Å²) in [5.74, 6) is 0. The number of fused-ring (bicyclic) bond motifs is 1. The number of aryl methyl sites for hydroxylation is 1. The Bertz CT molecular complexity index is 565. The van der Waals surface area contributed by atoms with Gasteiger partial charge >= 0.3 is 0 Å². The lowest BCUT2D eigenvalue weighted by molar-refractivity contribution is 0.609. The monoisotopic (exact) mass is 278 g/mol. The topological polar surface area (TPSA) is 38.0 Å². The quantitative estimate of drug-likeness (QED) is 0.795. The van der Waals surface area contributed by atoms with Crippen LogP contribution in [0.5, 0.6) is 0 Å². The van der Waals surface area contributed by atoms with Crippen molar-refractivity contribution in [1.29, 1.82) is 0 Å². The Labute approximate surface area is 116 Å². The number of nitrogens with one attached hydrogen (secondary N) is 1. The molecular formula is C14H15ClN2S. The first-order valence-electron chi connectivity index (χ1n) is 6.12. The molecule has 1 aromatic carbocycles. The SMILES string of the molecule is Nc1c(Cl)cccc1NC1CCCc2sccc21. The highest BCUT2D eigenvalue weighted by Crippen LogP contribution is 2.37. The predicted octanol–water partition coefficient (Wildman–Crippen LogP) is 4.47. The highest BCUT2D eigenvalue weighted by Gasteiger charge is 2.21. The number of para-hydroxylation sites is 1. The number of anilines is 2. The lowest BCUT2D eigenvalue weighted by Gasteiger charge is -2.25. The average molecular weight is 279 g/mol. The number of nitrogens with two attached hydrogens (primary N) is 1. The highest BCUT2D eigenvalue weighted by atomic mass is 35.5. The van der Waals surface area contributed by atoms with Crippen LogP contribution < -0.4 is 11.1 Å². The van der Waals surface area contributed by atoms with Gasteiger partial charge in [0.2, 0.25) is 0 Å². The van der Waals surface area contributed by atoms with E-state index in [2.05, 4.69) is 16.8 Å². The number of rotatable bonds is 2. The van der Waals surface area contributed by atoms with E-state index >= 15 is 0 Å². The zero-order valence-electron chi connectivity index (χ0n) is 9.95. The van der Waals surface area contributed by atoms with E-state index in [1.165, 1.54) is 23.3 Å². The normalized spacial score (nSPS) is 18.4. The molecule has 18 heavy (non-hydrogen) atoms. The molecule has 1 aliphatic rings. The summed E-state index contributed by atoms with van der Waals surface area (Å²) in [7, 11) is 0. The van der Waals surface area contributed by atoms with E-state index in [0.717, 1.165) is 12.1 Å². The fraction of sp³-hybridized carbons (Fsp3) is 0.286. The Morgan fingerprint density at radius 1 is 1.33 bits per heavy atom. The second-order valence-corrected chi connectivity index (χ2v) is 6.00. The molecule has 3 rings (SSSR count). The van der Waals surface area contributed by atoms with Gasteiger partial charge < -0.3 is 11.1 Å². The van der Waals surface area contributed by atoms with Gasteiger partial charge in [-0.25, -0.2) is 0 Å². The first-order valence-corrected chi connectivity index (χ1v) is 7.38. The smallest absolute Gasteiger partial charge is 0.0739 e. The molecule has 0 amide bonds. The summed E-state index contributed by atoms with van der Waals surface area (Å²) in [4.78, 5) is 1.50. The molecule has 94 valence electrons. The van der Waals surface area contributed by atoms with Crippen molar-refractivity contribution >= 4 is 34.3 Å². The summed E-state index contributed by atoms with van der Waals surface area (Å²) >= 11 is 7.90. The molecule has 1 aliphatic carbocycles. The van der Waals surface area contributed by atoms with Crippen LogP contribution in [-0.4, -0.2) is 0 Å². The van der Waals surface area contributed by atoms with Crippen LogP contribution in [0.4, 0.5) is 11.4 Å². The van der Waals surface area contributed by atoms with Crippen molar-refractivity contribution < 1.29 is 0 Å². The van der Waals surface area contributed by atoms with E-state index in [9.17, 15) is 0 Å². The number of benzene rings is 1. The maximum absolute atomic E-state index is 6.05. The van der Waals surface area contributed by atoms with E-state index in [4.69, 9.17) is 17.3 Å². The van der Waals surface area contributed by atoms with Gasteiger partial charge in [0, 0.05) is 4.88 Å². The summed E-state index contributed by atoms with van der Waals surface area (Å²) in [6, 6.07) is 8.32. The molecule has 0 fully saturated rings. The third kappa shape index (κ3) is 2.08. The molecule has 1 atom stereocenters. The minimum Gasteiger partial charge on any atom is -0.396 e. The second-order valence-electron chi connectivity index (χ2n) is 4.59. The molecule has 2 aromatic rings. The van der Waals surface area contributed by atoms with Crippen molar-refractivity contribution in [1.82, 2.24) is 0 Å². The summed E-state index contributed by atoms with van der Waals surface area (Å²) in [6.07, 6.45) is 3.58. The van der Waals surface area contributed by atoms with Crippen LogP contribution in [0.3, 0.4) is 0 Å². The Morgan fingerprint density at radius 2 is 2.22 bits per heavy atom. The van der Waals surface area contributed by atoms with Crippen LogP contribution in [0.25, 0.3) is 0 Å². The van der Waals surface area contributed by atoms with E-state index in [0.29, 0.717) is 16.8 Å². The van der Waals surface area contributed by atoms with E-state index in [1.54, 1.807) is 0 Å². The molecule has 1 heterocycles. The maximum atomic E-state index is 6.05.